The second-order valence-electron chi connectivity index (χ2n) is 7.31. The minimum absolute atomic E-state index is 0.187. The van der Waals surface area contributed by atoms with Gasteiger partial charge in [0, 0.05) is 37.1 Å². The van der Waals surface area contributed by atoms with Gasteiger partial charge in [-0.25, -0.2) is 0 Å². The Hall–Kier alpha value is -2.38. The third kappa shape index (κ3) is 7.80. The van der Waals surface area contributed by atoms with Gasteiger partial charge >= 0.3 is 0 Å². The number of ether oxygens (including phenoxy) is 2. The van der Waals surface area contributed by atoms with Crippen molar-refractivity contribution in [3.63, 3.8) is 0 Å². The fraction of sp³-hybridized carbons (Fsp3) is 0.391. The Balaban J connectivity index is 1.97. The summed E-state index contributed by atoms with van der Waals surface area (Å²) in [6.07, 6.45) is 1.70. The van der Waals surface area contributed by atoms with E-state index in [-0.39, 0.29) is 11.8 Å². The van der Waals surface area contributed by atoms with Crippen LogP contribution < -0.4 is 15.4 Å². The van der Waals surface area contributed by atoms with Crippen molar-refractivity contribution in [2.24, 2.45) is 5.92 Å². The minimum atomic E-state index is -0.262. The maximum Gasteiger partial charge on any atom is 0.255 e. The molecule has 2 amide bonds. The van der Waals surface area contributed by atoms with Crippen molar-refractivity contribution < 1.29 is 19.1 Å². The maximum absolute atomic E-state index is 12.6. The first-order valence-corrected chi connectivity index (χ1v) is 10.8. The predicted molar refractivity (Wildman–Crippen MR) is 122 cm³/mol. The Morgan fingerprint density at radius 3 is 2.50 bits per heavy atom. The van der Waals surface area contributed by atoms with Crippen molar-refractivity contribution in [1.82, 2.24) is 5.32 Å². The Morgan fingerprint density at radius 2 is 1.80 bits per heavy atom. The van der Waals surface area contributed by atoms with Gasteiger partial charge in [0.25, 0.3) is 11.8 Å². The zero-order chi connectivity index (χ0) is 21.9. The summed E-state index contributed by atoms with van der Waals surface area (Å²) in [7, 11) is 1.62. The van der Waals surface area contributed by atoms with Crippen LogP contribution in [0.4, 0.5) is 5.69 Å². The van der Waals surface area contributed by atoms with Crippen molar-refractivity contribution in [2.75, 3.05) is 32.2 Å². The minimum Gasteiger partial charge on any atom is -0.492 e. The molecule has 7 heteroatoms. The lowest BCUT2D eigenvalue weighted by Crippen LogP contribution is -2.25. The second-order valence-corrected chi connectivity index (χ2v) is 8.17. The predicted octanol–water partition coefficient (Wildman–Crippen LogP) is 4.89. The lowest BCUT2D eigenvalue weighted by Gasteiger charge is -2.12. The van der Waals surface area contributed by atoms with Gasteiger partial charge < -0.3 is 20.1 Å². The van der Waals surface area contributed by atoms with Crippen LogP contribution in [0.1, 0.15) is 47.4 Å². The highest BCUT2D eigenvalue weighted by atomic mass is 79.9. The fourth-order valence-electron chi connectivity index (χ4n) is 2.63. The Morgan fingerprint density at radius 1 is 1.03 bits per heavy atom. The zero-order valence-corrected chi connectivity index (χ0v) is 19.3. The van der Waals surface area contributed by atoms with Gasteiger partial charge in [0.2, 0.25) is 0 Å². The Bertz CT molecular complexity index is 855. The van der Waals surface area contributed by atoms with Gasteiger partial charge in [0.1, 0.15) is 5.75 Å². The van der Waals surface area contributed by atoms with Crippen molar-refractivity contribution in [3.8, 4) is 5.75 Å². The molecule has 0 radical (unpaired) electrons. The number of nitrogens with one attached hydrogen (secondary N) is 2. The van der Waals surface area contributed by atoms with Gasteiger partial charge in [-0.1, -0.05) is 19.9 Å². The number of hydrogen-bond donors (Lipinski definition) is 2. The highest BCUT2D eigenvalue weighted by molar-refractivity contribution is 9.10. The standard InChI is InChI=1S/C23H29BrN2O4/c1-16(2)10-13-30-21-9-8-18(15-20(21)24)23(28)26-19-7-4-6-17(14-19)22(27)25-11-5-12-29-3/h4,6-9,14-16H,5,10-13H2,1-3H3,(H,25,27)(H,26,28). The number of methoxy groups -OCH3 is 1. The molecule has 0 aromatic heterocycles. The summed E-state index contributed by atoms with van der Waals surface area (Å²) in [4.78, 5) is 24.9. The van der Waals surface area contributed by atoms with Gasteiger partial charge in [-0.3, -0.25) is 9.59 Å². The van der Waals surface area contributed by atoms with E-state index >= 15 is 0 Å². The van der Waals surface area contributed by atoms with E-state index in [1.165, 1.54) is 0 Å². The molecular formula is C23H29BrN2O4. The molecule has 2 N–H and O–H groups in total. The molecular weight excluding hydrogens is 448 g/mol. The number of rotatable bonds is 11. The summed E-state index contributed by atoms with van der Waals surface area (Å²) in [5, 5.41) is 5.67. The third-order valence-corrected chi connectivity index (χ3v) is 4.96. The Labute approximate surface area is 186 Å². The average molecular weight is 477 g/mol. The molecule has 0 saturated heterocycles. The number of carbonyl (C=O) groups excluding carboxylic acids is 2. The van der Waals surface area contributed by atoms with Crippen LogP contribution in [0.2, 0.25) is 0 Å². The first-order chi connectivity index (χ1) is 14.4. The van der Waals surface area contributed by atoms with Crippen molar-refractivity contribution in [3.05, 3.63) is 58.1 Å². The molecule has 0 heterocycles. The van der Waals surface area contributed by atoms with Crippen molar-refractivity contribution in [1.29, 1.82) is 0 Å². The molecule has 0 atom stereocenters. The van der Waals surface area contributed by atoms with E-state index in [0.717, 1.165) is 17.3 Å². The molecule has 0 aliphatic heterocycles. The van der Waals surface area contributed by atoms with Gasteiger partial charge in [-0.05, 0) is 71.1 Å². The highest BCUT2D eigenvalue weighted by Crippen LogP contribution is 2.27. The van der Waals surface area contributed by atoms with E-state index in [4.69, 9.17) is 9.47 Å². The summed E-state index contributed by atoms with van der Waals surface area (Å²) in [6, 6.07) is 12.1. The van der Waals surface area contributed by atoms with E-state index in [1.54, 1.807) is 49.6 Å². The molecule has 30 heavy (non-hydrogen) atoms. The van der Waals surface area contributed by atoms with Gasteiger partial charge in [-0.15, -0.1) is 0 Å². The Kier molecular flexibility index (Phi) is 9.83. The first-order valence-electron chi connectivity index (χ1n) is 10.0. The molecule has 0 unspecified atom stereocenters. The van der Waals surface area contributed by atoms with Crippen LogP contribution in [-0.4, -0.2) is 38.7 Å². The number of halogens is 1. The lowest BCUT2D eigenvalue weighted by molar-refractivity contribution is 0.0947. The number of hydrogen-bond acceptors (Lipinski definition) is 4. The van der Waals surface area contributed by atoms with Gasteiger partial charge in [0.05, 0.1) is 11.1 Å². The van der Waals surface area contributed by atoms with Gasteiger partial charge in [-0.2, -0.15) is 0 Å². The highest BCUT2D eigenvalue weighted by Gasteiger charge is 2.12. The van der Waals surface area contributed by atoms with Crippen LogP contribution in [-0.2, 0) is 4.74 Å². The summed E-state index contributed by atoms with van der Waals surface area (Å²) in [5.41, 5.74) is 1.53. The molecule has 2 aromatic carbocycles. The molecule has 2 rings (SSSR count). The average Bonchev–Trinajstić information content (AvgIpc) is 2.72. The van der Waals surface area contributed by atoms with E-state index in [0.29, 0.717) is 48.2 Å². The second kappa shape index (κ2) is 12.3. The van der Waals surface area contributed by atoms with E-state index in [2.05, 4.69) is 40.4 Å². The number of benzene rings is 2. The van der Waals surface area contributed by atoms with Crippen LogP contribution >= 0.6 is 15.9 Å². The normalized spacial score (nSPS) is 10.7. The monoisotopic (exact) mass is 476 g/mol. The zero-order valence-electron chi connectivity index (χ0n) is 17.7. The summed E-state index contributed by atoms with van der Waals surface area (Å²) in [5.74, 6) is 0.825. The summed E-state index contributed by atoms with van der Waals surface area (Å²) >= 11 is 3.47. The number of amides is 2. The maximum atomic E-state index is 12.6. The van der Waals surface area contributed by atoms with E-state index in [9.17, 15) is 9.59 Å². The quantitative estimate of drug-likeness (QED) is 0.452. The topological polar surface area (TPSA) is 76.7 Å². The van der Waals surface area contributed by atoms with Crippen LogP contribution in [0.3, 0.4) is 0 Å². The lowest BCUT2D eigenvalue weighted by atomic mass is 10.1. The summed E-state index contributed by atoms with van der Waals surface area (Å²) in [6.45, 7) is 6.04. The molecule has 162 valence electrons. The summed E-state index contributed by atoms with van der Waals surface area (Å²) < 4.78 is 11.5. The van der Waals surface area contributed by atoms with Crippen LogP contribution in [0.15, 0.2) is 46.9 Å². The molecule has 0 aliphatic carbocycles. The number of anilines is 1. The van der Waals surface area contributed by atoms with E-state index in [1.807, 2.05) is 0 Å². The van der Waals surface area contributed by atoms with Gasteiger partial charge in [0.15, 0.2) is 0 Å². The largest absolute Gasteiger partial charge is 0.492 e. The molecule has 0 spiro atoms. The van der Waals surface area contributed by atoms with Crippen LogP contribution in [0.25, 0.3) is 0 Å². The van der Waals surface area contributed by atoms with Crippen molar-refractivity contribution in [2.45, 2.75) is 26.7 Å². The molecule has 2 aromatic rings. The van der Waals surface area contributed by atoms with E-state index < -0.39 is 0 Å². The first kappa shape index (κ1) is 23.9. The van der Waals surface area contributed by atoms with Crippen LogP contribution in [0, 0.1) is 5.92 Å². The molecule has 0 saturated carbocycles. The smallest absolute Gasteiger partial charge is 0.255 e. The fourth-order valence-corrected chi connectivity index (χ4v) is 3.12. The molecule has 0 aliphatic rings. The molecule has 0 fully saturated rings. The number of carbonyl (C=O) groups is 2. The molecule has 0 bridgehead atoms. The van der Waals surface area contributed by atoms with Crippen LogP contribution in [0.5, 0.6) is 5.75 Å². The third-order valence-electron chi connectivity index (χ3n) is 4.34. The van der Waals surface area contributed by atoms with Crippen molar-refractivity contribution >= 4 is 33.4 Å². The molecule has 6 nitrogen and oxygen atoms in total. The SMILES string of the molecule is COCCCNC(=O)c1cccc(NC(=O)c2ccc(OCCC(C)C)c(Br)c2)c1.